The number of rotatable bonds is 6. The van der Waals surface area contributed by atoms with Crippen molar-refractivity contribution in [2.45, 2.75) is 38.6 Å². The summed E-state index contributed by atoms with van der Waals surface area (Å²) in [6, 6.07) is 0. The van der Waals surface area contributed by atoms with Gasteiger partial charge in [0, 0.05) is 26.0 Å². The second-order valence-electron chi connectivity index (χ2n) is 4.18. The van der Waals surface area contributed by atoms with Crippen molar-refractivity contribution in [1.29, 1.82) is 0 Å². The van der Waals surface area contributed by atoms with Crippen LogP contribution >= 0.6 is 11.6 Å². The quantitative estimate of drug-likeness (QED) is 0.751. The lowest BCUT2D eigenvalue weighted by molar-refractivity contribution is 0.485. The minimum absolute atomic E-state index is 0.321. The number of sulfonamides is 1. The molecule has 0 saturated heterocycles. The van der Waals surface area contributed by atoms with E-state index in [9.17, 15) is 8.42 Å². The Kier molecular flexibility index (Phi) is 5.19. The highest BCUT2D eigenvalue weighted by atomic mass is 35.5. The van der Waals surface area contributed by atoms with Crippen molar-refractivity contribution in [3.63, 3.8) is 0 Å². The van der Waals surface area contributed by atoms with E-state index in [2.05, 4.69) is 5.10 Å². The molecule has 0 aromatic carbocycles. The van der Waals surface area contributed by atoms with Crippen molar-refractivity contribution in [1.82, 2.24) is 14.1 Å². The Morgan fingerprint density at radius 3 is 2.50 bits per heavy atom. The molecule has 7 heteroatoms. The fourth-order valence-corrected chi connectivity index (χ4v) is 3.47. The van der Waals surface area contributed by atoms with Gasteiger partial charge in [-0.3, -0.25) is 4.68 Å². The molecule has 5 nitrogen and oxygen atoms in total. The SMILES string of the molecule is CCN(C)S(=O)(=O)c1c(C)nn(CCCCl)c1C. The second kappa shape index (κ2) is 6.04. The Bertz CT molecular complexity index is 511. The Balaban J connectivity index is 3.22. The number of halogens is 1. The first kappa shape index (κ1) is 15.5. The molecule has 0 spiro atoms. The number of hydrogen-bond acceptors (Lipinski definition) is 3. The molecule has 1 rings (SSSR count). The number of hydrogen-bond donors (Lipinski definition) is 0. The summed E-state index contributed by atoms with van der Waals surface area (Å²) in [5, 5.41) is 4.28. The van der Waals surface area contributed by atoms with Gasteiger partial charge >= 0.3 is 0 Å². The van der Waals surface area contributed by atoms with E-state index in [1.165, 1.54) is 4.31 Å². The van der Waals surface area contributed by atoms with Crippen LogP contribution in [-0.4, -0.2) is 42.0 Å². The van der Waals surface area contributed by atoms with Gasteiger partial charge in [-0.2, -0.15) is 5.10 Å². The molecule has 1 aromatic heterocycles. The maximum Gasteiger partial charge on any atom is 0.246 e. The van der Waals surface area contributed by atoms with Gasteiger partial charge in [0.2, 0.25) is 10.0 Å². The highest BCUT2D eigenvalue weighted by Gasteiger charge is 2.27. The molecule has 0 aliphatic carbocycles. The first-order valence-corrected chi connectivity index (χ1v) is 7.90. The minimum Gasteiger partial charge on any atom is -0.268 e. The Morgan fingerprint density at radius 1 is 1.39 bits per heavy atom. The average molecular weight is 294 g/mol. The zero-order chi connectivity index (χ0) is 13.9. The molecule has 18 heavy (non-hydrogen) atoms. The lowest BCUT2D eigenvalue weighted by Gasteiger charge is -2.15. The summed E-state index contributed by atoms with van der Waals surface area (Å²) < 4.78 is 27.7. The lowest BCUT2D eigenvalue weighted by atomic mass is 10.4. The van der Waals surface area contributed by atoms with Gasteiger partial charge in [0.25, 0.3) is 0 Å². The standard InChI is InChI=1S/C11H20ClN3O2S/c1-5-14(4)18(16,17)11-9(2)13-15(10(11)3)8-6-7-12/h5-8H2,1-4H3. The molecule has 0 unspecified atom stereocenters. The largest absolute Gasteiger partial charge is 0.268 e. The lowest BCUT2D eigenvalue weighted by Crippen LogP contribution is -2.27. The molecule has 0 aliphatic heterocycles. The van der Waals surface area contributed by atoms with Gasteiger partial charge in [0.1, 0.15) is 4.90 Å². The number of aryl methyl sites for hydroxylation is 2. The number of alkyl halides is 1. The van der Waals surface area contributed by atoms with Crippen LogP contribution in [0.3, 0.4) is 0 Å². The van der Waals surface area contributed by atoms with E-state index in [4.69, 9.17) is 11.6 Å². The van der Waals surface area contributed by atoms with Gasteiger partial charge in [-0.05, 0) is 20.3 Å². The number of nitrogens with zero attached hydrogens (tertiary/aromatic N) is 3. The Labute approximate surface area is 114 Å². The van der Waals surface area contributed by atoms with Crippen molar-refractivity contribution >= 4 is 21.6 Å². The molecule has 0 atom stereocenters. The van der Waals surface area contributed by atoms with Crippen LogP contribution in [0.4, 0.5) is 0 Å². The van der Waals surface area contributed by atoms with Gasteiger partial charge in [-0.1, -0.05) is 6.92 Å². The van der Waals surface area contributed by atoms with Crippen molar-refractivity contribution in [3.8, 4) is 0 Å². The molecule has 0 N–H and O–H groups in total. The summed E-state index contributed by atoms with van der Waals surface area (Å²) in [7, 11) is -1.86. The van der Waals surface area contributed by atoms with Crippen molar-refractivity contribution < 1.29 is 8.42 Å². The van der Waals surface area contributed by atoms with Gasteiger partial charge in [-0.15, -0.1) is 11.6 Å². The Hall–Kier alpha value is -0.590. The highest BCUT2D eigenvalue weighted by Crippen LogP contribution is 2.22. The third-order valence-electron chi connectivity index (χ3n) is 2.93. The first-order valence-electron chi connectivity index (χ1n) is 5.92. The Morgan fingerprint density at radius 2 is 2.00 bits per heavy atom. The zero-order valence-corrected chi connectivity index (χ0v) is 12.8. The van der Waals surface area contributed by atoms with Crippen LogP contribution in [-0.2, 0) is 16.6 Å². The maximum atomic E-state index is 12.3. The molecule has 0 amide bonds. The summed E-state index contributed by atoms with van der Waals surface area (Å²) in [5.74, 6) is 0.537. The van der Waals surface area contributed by atoms with E-state index in [0.29, 0.717) is 35.3 Å². The fourth-order valence-electron chi connectivity index (χ4n) is 1.81. The van der Waals surface area contributed by atoms with Crippen LogP contribution in [0.5, 0.6) is 0 Å². The van der Waals surface area contributed by atoms with E-state index in [1.54, 1.807) is 32.5 Å². The van der Waals surface area contributed by atoms with Gasteiger partial charge in [-0.25, -0.2) is 12.7 Å². The normalized spacial score (nSPS) is 12.3. The molecule has 0 saturated carbocycles. The van der Waals surface area contributed by atoms with E-state index in [0.717, 1.165) is 6.42 Å². The van der Waals surface area contributed by atoms with Crippen LogP contribution in [0.15, 0.2) is 4.90 Å². The van der Waals surface area contributed by atoms with E-state index in [-0.39, 0.29) is 0 Å². The van der Waals surface area contributed by atoms with Gasteiger partial charge in [0.15, 0.2) is 0 Å². The molecule has 1 aromatic rings. The third kappa shape index (κ3) is 2.87. The summed E-state index contributed by atoms with van der Waals surface area (Å²) in [5.41, 5.74) is 1.22. The summed E-state index contributed by atoms with van der Waals surface area (Å²) in [6.07, 6.45) is 0.770. The fraction of sp³-hybridized carbons (Fsp3) is 0.727. The van der Waals surface area contributed by atoms with Crippen LogP contribution in [0.25, 0.3) is 0 Å². The minimum atomic E-state index is -3.44. The molecule has 0 fully saturated rings. The van der Waals surface area contributed by atoms with E-state index >= 15 is 0 Å². The summed E-state index contributed by atoms with van der Waals surface area (Å²) in [4.78, 5) is 0.321. The summed E-state index contributed by atoms with van der Waals surface area (Å²) >= 11 is 5.65. The molecule has 1 heterocycles. The molecular formula is C11H20ClN3O2S. The first-order chi connectivity index (χ1) is 8.36. The topological polar surface area (TPSA) is 55.2 Å². The second-order valence-corrected chi connectivity index (χ2v) is 6.54. The van der Waals surface area contributed by atoms with Gasteiger partial charge in [0.05, 0.1) is 11.4 Å². The zero-order valence-electron chi connectivity index (χ0n) is 11.3. The van der Waals surface area contributed by atoms with Crippen molar-refractivity contribution in [3.05, 3.63) is 11.4 Å². The average Bonchev–Trinajstić information content (AvgIpc) is 2.60. The molecule has 0 radical (unpaired) electrons. The predicted molar refractivity (Wildman–Crippen MR) is 72.5 cm³/mol. The maximum absolute atomic E-state index is 12.3. The van der Waals surface area contributed by atoms with Crippen molar-refractivity contribution in [2.75, 3.05) is 19.5 Å². The highest BCUT2D eigenvalue weighted by molar-refractivity contribution is 7.89. The monoisotopic (exact) mass is 293 g/mol. The van der Waals surface area contributed by atoms with E-state index < -0.39 is 10.0 Å². The molecule has 0 aliphatic rings. The van der Waals surface area contributed by atoms with Crippen LogP contribution in [0.2, 0.25) is 0 Å². The van der Waals surface area contributed by atoms with Crippen LogP contribution in [0, 0.1) is 13.8 Å². The molecule has 104 valence electrons. The smallest absolute Gasteiger partial charge is 0.246 e. The third-order valence-corrected chi connectivity index (χ3v) is 5.39. The predicted octanol–water partition coefficient (Wildman–Crippen LogP) is 1.77. The van der Waals surface area contributed by atoms with Crippen LogP contribution < -0.4 is 0 Å². The molecular weight excluding hydrogens is 274 g/mol. The van der Waals surface area contributed by atoms with Crippen LogP contribution in [0.1, 0.15) is 24.7 Å². The van der Waals surface area contributed by atoms with E-state index in [1.807, 2.05) is 0 Å². The number of aromatic nitrogens is 2. The molecule has 0 bridgehead atoms. The summed E-state index contributed by atoms with van der Waals surface area (Å²) in [6.45, 7) is 6.39. The van der Waals surface area contributed by atoms with Gasteiger partial charge < -0.3 is 0 Å². The van der Waals surface area contributed by atoms with Crippen molar-refractivity contribution in [2.24, 2.45) is 0 Å².